The Labute approximate surface area is 131 Å². The Kier molecular flexibility index (Phi) is 4.95. The molecule has 122 valence electrons. The van der Waals surface area contributed by atoms with E-state index in [4.69, 9.17) is 4.74 Å². The molecule has 21 heavy (non-hydrogen) atoms. The third-order valence-electron chi connectivity index (χ3n) is 7.10. The average molecular weight is 293 g/mol. The molecule has 4 fully saturated rings. The van der Waals surface area contributed by atoms with Gasteiger partial charge in [0.1, 0.15) is 0 Å². The van der Waals surface area contributed by atoms with E-state index in [9.17, 15) is 0 Å². The van der Waals surface area contributed by atoms with Crippen molar-refractivity contribution in [1.29, 1.82) is 0 Å². The molecule has 0 aromatic carbocycles. The summed E-state index contributed by atoms with van der Waals surface area (Å²) in [4.78, 5) is 2.61. The Morgan fingerprint density at radius 3 is 2.67 bits per heavy atom. The lowest BCUT2D eigenvalue weighted by Gasteiger charge is -2.60. The van der Waals surface area contributed by atoms with Crippen molar-refractivity contribution in [3.8, 4) is 0 Å². The number of rotatable bonds is 6. The van der Waals surface area contributed by atoms with Gasteiger partial charge in [-0.3, -0.25) is 4.90 Å². The fourth-order valence-electron chi connectivity index (χ4n) is 5.32. The van der Waals surface area contributed by atoms with Crippen molar-refractivity contribution < 1.29 is 4.74 Å². The minimum absolute atomic E-state index is 0.631. The van der Waals surface area contributed by atoms with Crippen molar-refractivity contribution >= 4 is 0 Å². The zero-order valence-corrected chi connectivity index (χ0v) is 14.4. The van der Waals surface area contributed by atoms with Gasteiger partial charge in [-0.05, 0) is 75.2 Å². The molecule has 0 spiro atoms. The molecule has 2 bridgehead atoms. The normalized spacial score (nSPS) is 39.0. The van der Waals surface area contributed by atoms with Gasteiger partial charge in [0.2, 0.25) is 0 Å². The van der Waals surface area contributed by atoms with Gasteiger partial charge in [0, 0.05) is 19.2 Å². The molecule has 4 aliphatic rings. The van der Waals surface area contributed by atoms with Gasteiger partial charge in [0.25, 0.3) is 0 Å². The largest absolute Gasteiger partial charge is 0.380 e. The molecule has 1 heterocycles. The smallest absolute Gasteiger partial charge is 0.0593 e. The maximum atomic E-state index is 5.98. The number of ether oxygens (including phenoxy) is 1. The van der Waals surface area contributed by atoms with Crippen LogP contribution in [-0.4, -0.2) is 37.2 Å². The molecule has 4 atom stereocenters. The van der Waals surface area contributed by atoms with Crippen LogP contribution in [0.15, 0.2) is 0 Å². The summed E-state index contributed by atoms with van der Waals surface area (Å²) >= 11 is 0. The van der Waals surface area contributed by atoms with Crippen LogP contribution in [0.1, 0.15) is 65.7 Å². The Hall–Kier alpha value is -0.0800. The quantitative estimate of drug-likeness (QED) is 0.675. The van der Waals surface area contributed by atoms with Gasteiger partial charge < -0.3 is 4.74 Å². The van der Waals surface area contributed by atoms with Crippen molar-refractivity contribution in [2.75, 3.05) is 26.3 Å². The van der Waals surface area contributed by atoms with E-state index in [-0.39, 0.29) is 0 Å². The summed E-state index contributed by atoms with van der Waals surface area (Å²) < 4.78 is 5.98. The second kappa shape index (κ2) is 6.58. The molecule has 3 aliphatic carbocycles. The zero-order chi connectivity index (χ0) is 14.9. The third kappa shape index (κ3) is 3.32. The number of hydrogen-bond acceptors (Lipinski definition) is 2. The molecule has 0 N–H and O–H groups in total. The van der Waals surface area contributed by atoms with Crippen molar-refractivity contribution in [3.63, 3.8) is 0 Å². The molecular formula is C19H35NO. The first-order chi connectivity index (χ1) is 10.1. The van der Waals surface area contributed by atoms with Gasteiger partial charge in [0.15, 0.2) is 0 Å². The number of nitrogens with zero attached hydrogens (tertiary/aromatic N) is 1. The molecule has 4 rings (SSSR count). The summed E-state index contributed by atoms with van der Waals surface area (Å²) in [5.41, 5.74) is 0.631. The summed E-state index contributed by atoms with van der Waals surface area (Å²) in [6, 6.07) is 0.772. The van der Waals surface area contributed by atoms with E-state index in [0.717, 1.165) is 43.6 Å². The minimum Gasteiger partial charge on any atom is -0.380 e. The van der Waals surface area contributed by atoms with E-state index in [2.05, 4.69) is 25.7 Å². The number of piperidine rings is 1. The van der Waals surface area contributed by atoms with Gasteiger partial charge in [-0.25, -0.2) is 0 Å². The second-order valence-electron chi connectivity index (χ2n) is 8.48. The Morgan fingerprint density at radius 2 is 1.95 bits per heavy atom. The fourth-order valence-corrected chi connectivity index (χ4v) is 5.32. The van der Waals surface area contributed by atoms with E-state index in [1.807, 2.05) is 0 Å². The fraction of sp³-hybridized carbons (Fsp3) is 1.00. The maximum Gasteiger partial charge on any atom is 0.0593 e. The lowest BCUT2D eigenvalue weighted by atomic mass is 9.45. The van der Waals surface area contributed by atoms with Crippen molar-refractivity contribution in [3.05, 3.63) is 0 Å². The van der Waals surface area contributed by atoms with Gasteiger partial charge >= 0.3 is 0 Å². The molecule has 4 unspecified atom stereocenters. The molecule has 0 aromatic rings. The van der Waals surface area contributed by atoms with Crippen LogP contribution in [0.3, 0.4) is 0 Å². The highest BCUT2D eigenvalue weighted by Crippen LogP contribution is 2.61. The van der Waals surface area contributed by atoms with Crippen LogP contribution in [-0.2, 0) is 4.74 Å². The van der Waals surface area contributed by atoms with E-state index in [1.165, 1.54) is 51.5 Å². The van der Waals surface area contributed by atoms with Crippen LogP contribution in [0, 0.1) is 23.2 Å². The first-order valence-electron chi connectivity index (χ1n) is 9.41. The van der Waals surface area contributed by atoms with Crippen LogP contribution in [0.2, 0.25) is 0 Å². The lowest BCUT2D eigenvalue weighted by molar-refractivity contribution is -0.111. The van der Waals surface area contributed by atoms with Gasteiger partial charge in [0.05, 0.1) is 6.61 Å². The van der Waals surface area contributed by atoms with Crippen LogP contribution in [0.25, 0.3) is 0 Å². The SMILES string of the molecule is CC1CCCCN1CCOCCC1CCC2CC1C2(C)C. The van der Waals surface area contributed by atoms with Gasteiger partial charge in [-0.2, -0.15) is 0 Å². The molecule has 0 amide bonds. The monoisotopic (exact) mass is 293 g/mol. The van der Waals surface area contributed by atoms with E-state index in [0.29, 0.717) is 5.41 Å². The molecular weight excluding hydrogens is 258 g/mol. The summed E-state index contributed by atoms with van der Waals surface area (Å²) in [6.45, 7) is 11.7. The topological polar surface area (TPSA) is 12.5 Å². The van der Waals surface area contributed by atoms with Gasteiger partial charge in [-0.15, -0.1) is 0 Å². The first kappa shape index (κ1) is 15.8. The maximum absolute atomic E-state index is 5.98. The van der Waals surface area contributed by atoms with E-state index >= 15 is 0 Å². The Bertz CT molecular complexity index is 338. The summed E-state index contributed by atoms with van der Waals surface area (Å²) in [5, 5.41) is 0. The van der Waals surface area contributed by atoms with Crippen LogP contribution in [0.5, 0.6) is 0 Å². The highest BCUT2D eigenvalue weighted by atomic mass is 16.5. The van der Waals surface area contributed by atoms with Crippen molar-refractivity contribution in [2.24, 2.45) is 23.2 Å². The summed E-state index contributed by atoms with van der Waals surface area (Å²) in [6.07, 6.45) is 9.91. The van der Waals surface area contributed by atoms with Crippen molar-refractivity contribution in [2.45, 2.75) is 71.8 Å². The average Bonchev–Trinajstić information content (AvgIpc) is 2.48. The zero-order valence-electron chi connectivity index (χ0n) is 14.4. The summed E-state index contributed by atoms with van der Waals surface area (Å²) in [7, 11) is 0. The predicted molar refractivity (Wildman–Crippen MR) is 88.4 cm³/mol. The molecule has 1 aliphatic heterocycles. The predicted octanol–water partition coefficient (Wildman–Crippen LogP) is 4.34. The molecule has 0 aromatic heterocycles. The highest BCUT2D eigenvalue weighted by molar-refractivity contribution is 5.03. The second-order valence-corrected chi connectivity index (χ2v) is 8.48. The Morgan fingerprint density at radius 1 is 1.10 bits per heavy atom. The van der Waals surface area contributed by atoms with E-state index in [1.54, 1.807) is 0 Å². The lowest BCUT2D eigenvalue weighted by Crippen LogP contribution is -2.52. The Balaban J connectivity index is 1.30. The molecule has 3 saturated carbocycles. The third-order valence-corrected chi connectivity index (χ3v) is 7.10. The number of hydrogen-bond donors (Lipinski definition) is 0. The number of likely N-dealkylation sites (tertiary alicyclic amines) is 1. The summed E-state index contributed by atoms with van der Waals surface area (Å²) in [5.74, 6) is 2.96. The van der Waals surface area contributed by atoms with Gasteiger partial charge in [-0.1, -0.05) is 20.3 Å². The van der Waals surface area contributed by atoms with Crippen molar-refractivity contribution in [1.82, 2.24) is 4.90 Å². The molecule has 2 nitrogen and oxygen atoms in total. The minimum atomic E-state index is 0.631. The highest BCUT2D eigenvalue weighted by Gasteiger charge is 2.53. The van der Waals surface area contributed by atoms with Crippen LogP contribution < -0.4 is 0 Å². The standard InChI is InChI=1S/C19H35NO/c1-15-6-4-5-10-20(15)11-13-21-12-9-16-7-8-17-14-18(16)19(17,2)3/h15-18H,4-14H2,1-3H3. The number of fused-ring (bicyclic) bond motifs is 2. The molecule has 2 heteroatoms. The van der Waals surface area contributed by atoms with Crippen LogP contribution in [0.4, 0.5) is 0 Å². The molecule has 0 radical (unpaired) electrons. The van der Waals surface area contributed by atoms with Crippen LogP contribution >= 0.6 is 0 Å². The molecule has 1 saturated heterocycles. The first-order valence-corrected chi connectivity index (χ1v) is 9.41. The van der Waals surface area contributed by atoms with E-state index < -0.39 is 0 Å².